The summed E-state index contributed by atoms with van der Waals surface area (Å²) in [6.07, 6.45) is 5.86. The first kappa shape index (κ1) is 24.2. The molecule has 3 nitrogen and oxygen atoms in total. The maximum Gasteiger partial charge on any atom is 2.00 e. The molecule has 0 aromatic rings. The Bertz CT molecular complexity index is 150. The molecule has 0 aromatic heterocycles. The van der Waals surface area contributed by atoms with E-state index < -0.39 is 0 Å². The monoisotopic (exact) mass is 259 g/mol. The van der Waals surface area contributed by atoms with Crippen LogP contribution >= 0.6 is 0 Å². The van der Waals surface area contributed by atoms with Crippen molar-refractivity contribution in [2.45, 2.75) is 33.1 Å². The van der Waals surface area contributed by atoms with Crippen molar-refractivity contribution in [3.8, 4) is 0 Å². The van der Waals surface area contributed by atoms with Gasteiger partial charge in [-0.25, -0.2) is 0 Å². The Kier molecular flexibility index (Phi) is 31.2. The molecule has 0 heterocycles. The summed E-state index contributed by atoms with van der Waals surface area (Å²) in [5.74, 6) is 0. The number of unbranched alkanes of at least 4 members (excludes halogenated alkanes) is 2. The molecule has 0 saturated carbocycles. The molecule has 0 atom stereocenters. The van der Waals surface area contributed by atoms with Gasteiger partial charge in [0, 0.05) is 5.71 Å². The fourth-order valence-corrected chi connectivity index (χ4v) is 0.920. The minimum atomic E-state index is 0. The van der Waals surface area contributed by atoms with Gasteiger partial charge in [0.25, 0.3) is 0 Å². The van der Waals surface area contributed by atoms with Gasteiger partial charge in [-0.3, -0.25) is 11.5 Å². The van der Waals surface area contributed by atoms with Gasteiger partial charge in [-0.2, -0.15) is 12.7 Å². The second-order valence-electron chi connectivity index (χ2n) is 2.57. The van der Waals surface area contributed by atoms with E-state index in [2.05, 4.69) is 10.3 Å². The first-order valence-electron chi connectivity index (χ1n) is 4.25. The Balaban J connectivity index is -0.000000202. The average molecular weight is 259 g/mol. The Morgan fingerprint density at radius 3 is 2.47 bits per heavy atom. The van der Waals surface area contributed by atoms with E-state index in [0.717, 1.165) is 25.7 Å². The SMILES string of the molecule is C.CN[CH-]CCCCC([C-]=O)=[NH+]C.[CH3-].[Co+2]. The van der Waals surface area contributed by atoms with E-state index >= 15 is 0 Å². The van der Waals surface area contributed by atoms with Crippen LogP contribution < -0.4 is 10.3 Å². The Labute approximate surface area is 105 Å². The molecule has 0 saturated heterocycles. The van der Waals surface area contributed by atoms with Crippen LogP contribution in [-0.2, 0) is 21.6 Å². The van der Waals surface area contributed by atoms with Gasteiger partial charge in [-0.1, -0.05) is 13.8 Å². The summed E-state index contributed by atoms with van der Waals surface area (Å²) in [6, 6.07) is 0. The second kappa shape index (κ2) is 19.4. The van der Waals surface area contributed by atoms with Crippen LogP contribution in [0.2, 0.25) is 0 Å². The van der Waals surface area contributed by atoms with E-state index in [0.29, 0.717) is 5.71 Å². The summed E-state index contributed by atoms with van der Waals surface area (Å²) in [5.41, 5.74) is 0.666. The standard InChI is InChI=1S/C9H16N2O.CH4.CH3.Co/c1-10-7-5-3-4-6-9(8-12)11-2;;;/h7,10H,3-6H2,1-2H3;1H4;1H3;/q-2;;-1;+2/p+1. The van der Waals surface area contributed by atoms with Crippen molar-refractivity contribution in [3.05, 3.63) is 14.0 Å². The molecule has 0 aromatic carbocycles. The predicted molar refractivity (Wildman–Crippen MR) is 62.6 cm³/mol. The van der Waals surface area contributed by atoms with E-state index in [1.54, 1.807) is 7.05 Å². The van der Waals surface area contributed by atoms with Gasteiger partial charge in [0.2, 0.25) is 0 Å². The Morgan fingerprint density at radius 1 is 1.47 bits per heavy atom. The van der Waals surface area contributed by atoms with Gasteiger partial charge in [-0.15, -0.1) is 0 Å². The van der Waals surface area contributed by atoms with Crippen LogP contribution in [0.3, 0.4) is 0 Å². The third kappa shape index (κ3) is 16.5. The molecule has 0 rings (SSSR count). The maximum atomic E-state index is 10.2. The zero-order chi connectivity index (χ0) is 9.23. The molecule has 0 fully saturated rings. The third-order valence-corrected chi connectivity index (χ3v) is 1.65. The smallest absolute Gasteiger partial charge is 0.532 e. The molecule has 0 spiro atoms. The fourth-order valence-electron chi connectivity index (χ4n) is 0.920. The normalized spacial score (nSPS) is 9.33. The largest absolute Gasteiger partial charge is 2.00 e. The van der Waals surface area contributed by atoms with Crippen molar-refractivity contribution in [1.82, 2.24) is 5.32 Å². The number of hydrogen-bond donors (Lipinski definition) is 2. The van der Waals surface area contributed by atoms with Gasteiger partial charge in [0.15, 0.2) is 0 Å². The van der Waals surface area contributed by atoms with Crippen LogP contribution in [0.5, 0.6) is 0 Å². The zero-order valence-corrected chi connectivity index (χ0v) is 10.2. The van der Waals surface area contributed by atoms with Crippen molar-refractivity contribution in [3.63, 3.8) is 0 Å². The minimum absolute atomic E-state index is 0. The Hall–Kier alpha value is -0.194. The molecular formula is C11H24CoN2O. The average Bonchev–Trinajstić information content (AvgIpc) is 2.11. The topological polar surface area (TPSA) is 43.1 Å². The van der Waals surface area contributed by atoms with Gasteiger partial charge in [0.05, 0.1) is 0 Å². The van der Waals surface area contributed by atoms with E-state index in [9.17, 15) is 4.79 Å². The summed E-state index contributed by atoms with van der Waals surface area (Å²) in [4.78, 5) is 13.0. The summed E-state index contributed by atoms with van der Waals surface area (Å²) in [6.45, 7) is 2.02. The summed E-state index contributed by atoms with van der Waals surface area (Å²) in [5, 5.41) is 2.96. The molecular weight excluding hydrogens is 235 g/mol. The Morgan fingerprint density at radius 2 is 2.07 bits per heavy atom. The molecule has 4 heteroatoms. The van der Waals surface area contributed by atoms with E-state index in [1.165, 1.54) is 0 Å². The molecule has 0 aliphatic rings. The van der Waals surface area contributed by atoms with Gasteiger partial charge >= 0.3 is 16.8 Å². The van der Waals surface area contributed by atoms with Crippen molar-refractivity contribution in [2.24, 2.45) is 0 Å². The van der Waals surface area contributed by atoms with Crippen LogP contribution in [-0.4, -0.2) is 26.1 Å². The summed E-state index contributed by atoms with van der Waals surface area (Å²) < 4.78 is 0. The van der Waals surface area contributed by atoms with E-state index in [1.807, 2.05) is 19.9 Å². The van der Waals surface area contributed by atoms with Crippen LogP contribution in [0.4, 0.5) is 0 Å². The van der Waals surface area contributed by atoms with Crippen LogP contribution in [0.15, 0.2) is 0 Å². The van der Waals surface area contributed by atoms with Crippen molar-refractivity contribution >= 4 is 12.0 Å². The molecule has 93 valence electrons. The molecule has 0 unspecified atom stereocenters. The molecule has 1 radical (unpaired) electrons. The van der Waals surface area contributed by atoms with Crippen molar-refractivity contribution in [2.75, 3.05) is 14.1 Å². The minimum Gasteiger partial charge on any atom is -0.532 e. The van der Waals surface area contributed by atoms with Crippen molar-refractivity contribution in [1.29, 1.82) is 0 Å². The first-order valence-corrected chi connectivity index (χ1v) is 4.25. The maximum absolute atomic E-state index is 10.2. The summed E-state index contributed by atoms with van der Waals surface area (Å²) in [7, 11) is 3.64. The van der Waals surface area contributed by atoms with Crippen molar-refractivity contribution < 1.29 is 26.6 Å². The van der Waals surface area contributed by atoms with Gasteiger partial charge in [-0.05, 0) is 19.9 Å². The van der Waals surface area contributed by atoms with E-state index in [-0.39, 0.29) is 31.6 Å². The molecule has 15 heavy (non-hydrogen) atoms. The number of rotatable bonds is 7. The first-order chi connectivity index (χ1) is 5.85. The predicted octanol–water partition coefficient (Wildman–Crippen LogP) is 0.273. The van der Waals surface area contributed by atoms with Crippen LogP contribution in [0.25, 0.3) is 0 Å². The fraction of sp³-hybridized carbons (Fsp3) is 0.636. The van der Waals surface area contributed by atoms with Crippen LogP contribution in [0.1, 0.15) is 33.1 Å². The zero-order valence-electron chi connectivity index (χ0n) is 9.15. The summed E-state index contributed by atoms with van der Waals surface area (Å²) >= 11 is 0. The second-order valence-corrected chi connectivity index (χ2v) is 2.57. The third-order valence-electron chi connectivity index (χ3n) is 1.65. The molecule has 0 amide bonds. The molecule has 0 aliphatic heterocycles. The van der Waals surface area contributed by atoms with Gasteiger partial charge in [0.1, 0.15) is 7.05 Å². The van der Waals surface area contributed by atoms with E-state index in [4.69, 9.17) is 0 Å². The molecule has 0 bridgehead atoms. The molecule has 2 N–H and O–H groups in total. The molecule has 0 aliphatic carbocycles. The van der Waals surface area contributed by atoms with Gasteiger partial charge < -0.3 is 17.5 Å². The number of hydrogen-bond acceptors (Lipinski definition) is 2. The number of nitrogens with one attached hydrogen (secondary N) is 2. The van der Waals surface area contributed by atoms with Crippen LogP contribution in [0, 0.1) is 14.0 Å². The quantitative estimate of drug-likeness (QED) is 0.391. The number of carbonyl (C=O) groups excluding carboxylic acids is 1.